The highest BCUT2D eigenvalue weighted by molar-refractivity contribution is 7.90. The van der Waals surface area contributed by atoms with E-state index in [2.05, 4.69) is 10.3 Å². The predicted molar refractivity (Wildman–Crippen MR) is 99.5 cm³/mol. The van der Waals surface area contributed by atoms with Crippen molar-refractivity contribution < 1.29 is 22.7 Å². The maximum absolute atomic E-state index is 12.5. The van der Waals surface area contributed by atoms with Crippen LogP contribution in [0.2, 0.25) is 0 Å². The van der Waals surface area contributed by atoms with Crippen LogP contribution in [0, 0.1) is 0 Å². The molecule has 3 aromatic rings. The van der Waals surface area contributed by atoms with Crippen LogP contribution in [0.25, 0.3) is 10.2 Å². The van der Waals surface area contributed by atoms with Gasteiger partial charge in [0.2, 0.25) is 5.91 Å². The van der Waals surface area contributed by atoms with Crippen molar-refractivity contribution in [2.75, 3.05) is 19.0 Å². The molecule has 0 saturated heterocycles. The monoisotopic (exact) mass is 403 g/mol. The van der Waals surface area contributed by atoms with Crippen LogP contribution in [-0.4, -0.2) is 43.2 Å². The number of hydrogen-bond donors (Lipinski definition) is 1. The van der Waals surface area contributed by atoms with Gasteiger partial charge in [-0.05, 0) is 30.3 Å². The van der Waals surface area contributed by atoms with E-state index in [0.29, 0.717) is 20.7 Å². The van der Waals surface area contributed by atoms with Gasteiger partial charge in [0.15, 0.2) is 5.13 Å². The lowest BCUT2D eigenvalue weighted by molar-refractivity contribution is -0.116. The number of aromatic nitrogens is 1. The molecule has 2 heterocycles. The molecule has 0 fully saturated rings. The fraction of sp³-hybridized carbons (Fsp3) is 0.118. The molecule has 0 bridgehead atoms. The van der Waals surface area contributed by atoms with Crippen molar-refractivity contribution in [3.05, 3.63) is 48.0 Å². The summed E-state index contributed by atoms with van der Waals surface area (Å²) >= 11 is 1.23. The molecule has 138 valence electrons. The van der Waals surface area contributed by atoms with Crippen molar-refractivity contribution in [3.8, 4) is 5.75 Å². The number of methoxy groups -OCH3 is 1. The molecular formula is C17H13N3O5S2. The highest BCUT2D eigenvalue weighted by Gasteiger charge is 2.41. The molecule has 27 heavy (non-hydrogen) atoms. The Morgan fingerprint density at radius 1 is 1.26 bits per heavy atom. The van der Waals surface area contributed by atoms with Crippen LogP contribution >= 0.6 is 11.3 Å². The average Bonchev–Trinajstić information content (AvgIpc) is 3.13. The molecule has 1 aliphatic rings. The molecule has 0 spiro atoms. The number of ether oxygens (including phenoxy) is 1. The summed E-state index contributed by atoms with van der Waals surface area (Å²) in [5, 5.41) is 2.86. The minimum atomic E-state index is -4.03. The van der Waals surface area contributed by atoms with Crippen molar-refractivity contribution in [1.82, 2.24) is 9.29 Å². The molecule has 0 saturated carbocycles. The largest absolute Gasteiger partial charge is 0.497 e. The van der Waals surface area contributed by atoms with Crippen molar-refractivity contribution in [2.24, 2.45) is 0 Å². The number of benzene rings is 2. The van der Waals surface area contributed by atoms with Gasteiger partial charge in [-0.2, -0.15) is 0 Å². The van der Waals surface area contributed by atoms with Gasteiger partial charge in [0, 0.05) is 0 Å². The molecule has 2 amide bonds. The number of sulfonamides is 1. The van der Waals surface area contributed by atoms with E-state index in [0.717, 1.165) is 4.70 Å². The molecule has 0 atom stereocenters. The molecule has 8 nitrogen and oxygen atoms in total. The molecule has 2 aromatic carbocycles. The third-order valence-electron chi connectivity index (χ3n) is 4.04. The number of hydrogen-bond acceptors (Lipinski definition) is 7. The van der Waals surface area contributed by atoms with E-state index in [4.69, 9.17) is 4.74 Å². The number of thiazole rings is 1. The Kier molecular flexibility index (Phi) is 4.08. The van der Waals surface area contributed by atoms with Crippen LogP contribution in [0.1, 0.15) is 10.4 Å². The van der Waals surface area contributed by atoms with Crippen molar-refractivity contribution in [2.45, 2.75) is 4.90 Å². The second kappa shape index (κ2) is 6.32. The number of nitrogens with one attached hydrogen (secondary N) is 1. The fourth-order valence-corrected chi connectivity index (χ4v) is 5.20. The molecule has 0 aliphatic carbocycles. The van der Waals surface area contributed by atoms with E-state index in [-0.39, 0.29) is 10.5 Å². The van der Waals surface area contributed by atoms with Gasteiger partial charge in [0.25, 0.3) is 15.9 Å². The van der Waals surface area contributed by atoms with E-state index in [1.54, 1.807) is 31.4 Å². The quantitative estimate of drug-likeness (QED) is 0.715. The van der Waals surface area contributed by atoms with Crippen molar-refractivity contribution >= 4 is 48.5 Å². The Morgan fingerprint density at radius 3 is 2.78 bits per heavy atom. The van der Waals surface area contributed by atoms with Gasteiger partial charge in [0.05, 0.1) is 22.9 Å². The maximum Gasteiger partial charge on any atom is 0.269 e. The summed E-state index contributed by atoms with van der Waals surface area (Å²) in [7, 11) is -2.48. The Labute approximate surface area is 158 Å². The lowest BCUT2D eigenvalue weighted by atomic mass is 10.2. The summed E-state index contributed by atoms with van der Waals surface area (Å²) in [4.78, 5) is 28.9. The minimum absolute atomic E-state index is 0.0670. The maximum atomic E-state index is 12.5. The van der Waals surface area contributed by atoms with Gasteiger partial charge in [-0.1, -0.05) is 23.5 Å². The van der Waals surface area contributed by atoms with Crippen LogP contribution < -0.4 is 10.1 Å². The normalized spacial score (nSPS) is 15.0. The number of amides is 2. The Bertz CT molecular complexity index is 1190. The molecule has 1 aliphatic heterocycles. The fourth-order valence-electron chi connectivity index (χ4n) is 2.76. The highest BCUT2D eigenvalue weighted by Crippen LogP contribution is 2.31. The van der Waals surface area contributed by atoms with Crippen molar-refractivity contribution in [1.29, 1.82) is 0 Å². The molecular weight excluding hydrogens is 390 g/mol. The van der Waals surface area contributed by atoms with E-state index in [1.807, 2.05) is 0 Å². The van der Waals surface area contributed by atoms with Crippen LogP contribution in [0.4, 0.5) is 5.13 Å². The summed E-state index contributed by atoms with van der Waals surface area (Å²) in [6.45, 7) is -0.616. The smallest absolute Gasteiger partial charge is 0.269 e. The summed E-state index contributed by atoms with van der Waals surface area (Å²) in [6, 6.07) is 11.2. The highest BCUT2D eigenvalue weighted by atomic mass is 32.2. The van der Waals surface area contributed by atoms with Gasteiger partial charge in [-0.25, -0.2) is 17.7 Å². The topological polar surface area (TPSA) is 106 Å². The second-order valence-electron chi connectivity index (χ2n) is 5.71. The van der Waals surface area contributed by atoms with Gasteiger partial charge >= 0.3 is 0 Å². The van der Waals surface area contributed by atoms with Crippen LogP contribution in [0.3, 0.4) is 0 Å². The van der Waals surface area contributed by atoms with Crippen LogP contribution in [0.15, 0.2) is 47.4 Å². The van der Waals surface area contributed by atoms with Crippen molar-refractivity contribution in [3.63, 3.8) is 0 Å². The number of rotatable bonds is 4. The number of carbonyl (C=O) groups is 2. The average molecular weight is 403 g/mol. The number of fused-ring (bicyclic) bond motifs is 2. The molecule has 10 heteroatoms. The number of carbonyl (C=O) groups excluding carboxylic acids is 2. The Morgan fingerprint density at radius 2 is 2.04 bits per heavy atom. The van der Waals surface area contributed by atoms with E-state index >= 15 is 0 Å². The summed E-state index contributed by atoms with van der Waals surface area (Å²) < 4.78 is 31.5. The van der Waals surface area contributed by atoms with Gasteiger partial charge in [-0.3, -0.25) is 9.59 Å². The standard InChI is InChI=1S/C17H13N3O5S2/c1-25-10-6-7-12-13(8-10)26-17(18-12)19-15(21)9-20-16(22)11-4-2-3-5-14(11)27(20,23)24/h2-8H,9H2,1H3,(H,18,19,21). The van der Waals surface area contributed by atoms with E-state index in [1.165, 1.54) is 29.5 Å². The minimum Gasteiger partial charge on any atom is -0.497 e. The van der Waals surface area contributed by atoms with E-state index in [9.17, 15) is 18.0 Å². The predicted octanol–water partition coefficient (Wildman–Crippen LogP) is 2.09. The van der Waals surface area contributed by atoms with Gasteiger partial charge in [-0.15, -0.1) is 0 Å². The first-order valence-electron chi connectivity index (χ1n) is 7.80. The number of anilines is 1. The zero-order valence-electron chi connectivity index (χ0n) is 14.0. The zero-order chi connectivity index (χ0) is 19.2. The zero-order valence-corrected chi connectivity index (χ0v) is 15.6. The lowest BCUT2D eigenvalue weighted by Crippen LogP contribution is -2.37. The summed E-state index contributed by atoms with van der Waals surface area (Å²) in [5.74, 6) is -0.698. The first-order valence-corrected chi connectivity index (χ1v) is 10.1. The first-order chi connectivity index (χ1) is 12.9. The third kappa shape index (κ3) is 2.92. The van der Waals surface area contributed by atoms with Crippen LogP contribution in [-0.2, 0) is 14.8 Å². The number of nitrogens with zero attached hydrogens (tertiary/aromatic N) is 2. The van der Waals surface area contributed by atoms with E-state index < -0.39 is 28.4 Å². The second-order valence-corrected chi connectivity index (χ2v) is 8.58. The molecule has 1 aromatic heterocycles. The molecule has 0 radical (unpaired) electrons. The molecule has 1 N–H and O–H groups in total. The Balaban J connectivity index is 1.54. The first kappa shape index (κ1) is 17.4. The molecule has 0 unspecified atom stereocenters. The third-order valence-corrected chi connectivity index (χ3v) is 6.76. The molecule has 4 rings (SSSR count). The lowest BCUT2D eigenvalue weighted by Gasteiger charge is -2.13. The summed E-state index contributed by atoms with van der Waals surface area (Å²) in [6.07, 6.45) is 0. The van der Waals surface area contributed by atoms with Gasteiger partial charge < -0.3 is 10.1 Å². The summed E-state index contributed by atoms with van der Waals surface area (Å²) in [5.41, 5.74) is 0.741. The van der Waals surface area contributed by atoms with Crippen LogP contribution in [0.5, 0.6) is 5.75 Å². The SMILES string of the molecule is COc1ccc2nc(NC(=O)CN3C(=O)c4ccccc4S3(=O)=O)sc2c1. The van der Waals surface area contributed by atoms with Gasteiger partial charge in [0.1, 0.15) is 17.2 Å². The Hall–Kier alpha value is -2.98.